The Labute approximate surface area is 61.9 Å². The quantitative estimate of drug-likeness (QED) is 0.601. The second kappa shape index (κ2) is 11.0. The van der Waals surface area contributed by atoms with Crippen molar-refractivity contribution in [2.75, 3.05) is 7.11 Å². The fourth-order valence-electron chi connectivity index (χ4n) is 0.405. The number of rotatable bonds is 4. The van der Waals surface area contributed by atoms with Crippen LogP contribution in [0.15, 0.2) is 25.3 Å². The summed E-state index contributed by atoms with van der Waals surface area (Å²) in [5, 5.41) is 7.00. The van der Waals surface area contributed by atoms with E-state index < -0.39 is 0 Å². The third-order valence-electron chi connectivity index (χ3n) is 0.744. The third kappa shape index (κ3) is 10.2. The van der Waals surface area contributed by atoms with Gasteiger partial charge in [0.1, 0.15) is 5.78 Å². The van der Waals surface area contributed by atoms with Crippen LogP contribution in [0.2, 0.25) is 0 Å². The molecular formula is C8H14O2. The van der Waals surface area contributed by atoms with Crippen molar-refractivity contribution in [3.8, 4) is 0 Å². The first kappa shape index (κ1) is 11.9. The SMILES string of the molecule is C=CCC(=O)CC=C.CO. The van der Waals surface area contributed by atoms with Crippen LogP contribution in [0.1, 0.15) is 12.8 Å². The Morgan fingerprint density at radius 3 is 1.80 bits per heavy atom. The molecule has 0 atom stereocenters. The molecule has 0 aliphatic carbocycles. The molecule has 58 valence electrons. The van der Waals surface area contributed by atoms with E-state index in [1.54, 1.807) is 12.2 Å². The van der Waals surface area contributed by atoms with Gasteiger partial charge >= 0.3 is 0 Å². The average Bonchev–Trinajstić information content (AvgIpc) is 1.93. The standard InChI is InChI=1S/C7H10O.CH4O/c1-3-5-7(8)6-4-2;1-2/h3-4H,1-2,5-6H2;2H,1H3. The number of allylic oxidation sites excluding steroid dienone is 2. The molecule has 0 heterocycles. The molecule has 0 aromatic rings. The van der Waals surface area contributed by atoms with Crippen molar-refractivity contribution in [3.63, 3.8) is 0 Å². The Hall–Kier alpha value is -0.890. The van der Waals surface area contributed by atoms with Gasteiger partial charge in [-0.1, -0.05) is 12.2 Å². The van der Waals surface area contributed by atoms with Gasteiger partial charge in [0.15, 0.2) is 0 Å². The fraction of sp³-hybridized carbons (Fsp3) is 0.375. The highest BCUT2D eigenvalue weighted by Gasteiger charge is 1.91. The van der Waals surface area contributed by atoms with Gasteiger partial charge in [-0.3, -0.25) is 4.79 Å². The summed E-state index contributed by atoms with van der Waals surface area (Å²) in [6.45, 7) is 6.86. The molecule has 0 saturated carbocycles. The molecule has 0 radical (unpaired) electrons. The van der Waals surface area contributed by atoms with Crippen LogP contribution in [-0.4, -0.2) is 18.0 Å². The van der Waals surface area contributed by atoms with Crippen LogP contribution < -0.4 is 0 Å². The Morgan fingerprint density at radius 2 is 1.60 bits per heavy atom. The normalized spacial score (nSPS) is 7.00. The number of carbonyl (C=O) groups excluding carboxylic acids is 1. The lowest BCUT2D eigenvalue weighted by Gasteiger charge is -1.85. The second-order valence-electron chi connectivity index (χ2n) is 1.52. The number of hydrogen-bond acceptors (Lipinski definition) is 2. The lowest BCUT2D eigenvalue weighted by atomic mass is 10.2. The fourth-order valence-corrected chi connectivity index (χ4v) is 0.405. The molecule has 0 spiro atoms. The smallest absolute Gasteiger partial charge is 0.140 e. The summed E-state index contributed by atoms with van der Waals surface area (Å²) in [5.74, 6) is 0.176. The number of aliphatic hydroxyl groups is 1. The van der Waals surface area contributed by atoms with E-state index >= 15 is 0 Å². The topological polar surface area (TPSA) is 37.3 Å². The van der Waals surface area contributed by atoms with Gasteiger partial charge in [-0.25, -0.2) is 0 Å². The zero-order valence-corrected chi connectivity index (χ0v) is 6.34. The molecule has 0 aliphatic heterocycles. The van der Waals surface area contributed by atoms with Crippen molar-refractivity contribution < 1.29 is 9.90 Å². The molecule has 0 bridgehead atoms. The van der Waals surface area contributed by atoms with Gasteiger partial charge < -0.3 is 5.11 Å². The minimum absolute atomic E-state index is 0.176. The number of hydrogen-bond donors (Lipinski definition) is 1. The highest BCUT2D eigenvalue weighted by molar-refractivity contribution is 5.80. The Balaban J connectivity index is 0. The van der Waals surface area contributed by atoms with E-state index in [0.717, 1.165) is 7.11 Å². The van der Waals surface area contributed by atoms with E-state index in [0.29, 0.717) is 12.8 Å². The van der Waals surface area contributed by atoms with Gasteiger partial charge in [0.2, 0.25) is 0 Å². The molecule has 0 unspecified atom stereocenters. The van der Waals surface area contributed by atoms with Crippen LogP contribution in [0, 0.1) is 0 Å². The summed E-state index contributed by atoms with van der Waals surface area (Å²) in [6, 6.07) is 0. The van der Waals surface area contributed by atoms with E-state index in [2.05, 4.69) is 13.2 Å². The Bertz CT molecular complexity index is 93.8. The molecule has 0 saturated heterocycles. The maximum atomic E-state index is 10.5. The monoisotopic (exact) mass is 142 g/mol. The van der Waals surface area contributed by atoms with Gasteiger partial charge in [-0.15, -0.1) is 13.2 Å². The first-order valence-corrected chi connectivity index (χ1v) is 2.99. The van der Waals surface area contributed by atoms with Gasteiger partial charge in [0.25, 0.3) is 0 Å². The van der Waals surface area contributed by atoms with Crippen molar-refractivity contribution in [1.82, 2.24) is 0 Å². The number of ketones is 1. The van der Waals surface area contributed by atoms with E-state index in [1.165, 1.54) is 0 Å². The number of carbonyl (C=O) groups is 1. The highest BCUT2D eigenvalue weighted by Crippen LogP contribution is 1.89. The summed E-state index contributed by atoms with van der Waals surface area (Å²) >= 11 is 0. The second-order valence-corrected chi connectivity index (χ2v) is 1.52. The molecule has 1 N–H and O–H groups in total. The van der Waals surface area contributed by atoms with Crippen LogP contribution in [0.25, 0.3) is 0 Å². The molecule has 0 rings (SSSR count). The zero-order valence-electron chi connectivity index (χ0n) is 6.34. The molecule has 2 heteroatoms. The van der Waals surface area contributed by atoms with Crippen LogP contribution in [-0.2, 0) is 4.79 Å². The zero-order chi connectivity index (χ0) is 8.41. The summed E-state index contributed by atoms with van der Waals surface area (Å²) in [6.07, 6.45) is 4.13. The highest BCUT2D eigenvalue weighted by atomic mass is 16.2. The lowest BCUT2D eigenvalue weighted by molar-refractivity contribution is -0.117. The average molecular weight is 142 g/mol. The minimum Gasteiger partial charge on any atom is -0.400 e. The lowest BCUT2D eigenvalue weighted by Crippen LogP contribution is -1.90. The maximum absolute atomic E-state index is 10.5. The van der Waals surface area contributed by atoms with Gasteiger partial charge in [0.05, 0.1) is 0 Å². The van der Waals surface area contributed by atoms with E-state index in [9.17, 15) is 4.79 Å². The van der Waals surface area contributed by atoms with Crippen molar-refractivity contribution in [1.29, 1.82) is 0 Å². The van der Waals surface area contributed by atoms with E-state index in [-0.39, 0.29) is 5.78 Å². The largest absolute Gasteiger partial charge is 0.400 e. The predicted octanol–water partition coefficient (Wildman–Crippen LogP) is 1.32. The van der Waals surface area contributed by atoms with Gasteiger partial charge in [0, 0.05) is 20.0 Å². The van der Waals surface area contributed by atoms with Crippen molar-refractivity contribution >= 4 is 5.78 Å². The Morgan fingerprint density at radius 1 is 1.30 bits per heavy atom. The third-order valence-corrected chi connectivity index (χ3v) is 0.744. The minimum atomic E-state index is 0.176. The van der Waals surface area contributed by atoms with E-state index in [1.807, 2.05) is 0 Å². The van der Waals surface area contributed by atoms with Crippen LogP contribution in [0.5, 0.6) is 0 Å². The molecule has 2 nitrogen and oxygen atoms in total. The molecule has 0 amide bonds. The van der Waals surface area contributed by atoms with Crippen LogP contribution in [0.4, 0.5) is 0 Å². The number of aliphatic hydroxyl groups excluding tert-OH is 1. The molecule has 0 aromatic heterocycles. The molecule has 0 fully saturated rings. The summed E-state index contributed by atoms with van der Waals surface area (Å²) in [7, 11) is 1.00. The molecule has 10 heavy (non-hydrogen) atoms. The summed E-state index contributed by atoms with van der Waals surface area (Å²) in [4.78, 5) is 10.5. The first-order chi connectivity index (χ1) is 4.81. The van der Waals surface area contributed by atoms with Crippen molar-refractivity contribution in [3.05, 3.63) is 25.3 Å². The van der Waals surface area contributed by atoms with Gasteiger partial charge in [-0.2, -0.15) is 0 Å². The molecular weight excluding hydrogens is 128 g/mol. The van der Waals surface area contributed by atoms with E-state index in [4.69, 9.17) is 5.11 Å². The first-order valence-electron chi connectivity index (χ1n) is 2.99. The number of Topliss-reactive ketones (excluding diaryl/α,β-unsaturated/α-hetero) is 1. The predicted molar refractivity (Wildman–Crippen MR) is 42.8 cm³/mol. The maximum Gasteiger partial charge on any atom is 0.140 e. The molecule has 0 aliphatic rings. The molecule has 0 aromatic carbocycles. The Kier molecular flexibility index (Phi) is 13.0. The van der Waals surface area contributed by atoms with Crippen molar-refractivity contribution in [2.45, 2.75) is 12.8 Å². The van der Waals surface area contributed by atoms with Crippen LogP contribution in [0.3, 0.4) is 0 Å². The summed E-state index contributed by atoms with van der Waals surface area (Å²) in [5.41, 5.74) is 0. The van der Waals surface area contributed by atoms with Crippen LogP contribution >= 0.6 is 0 Å². The summed E-state index contributed by atoms with van der Waals surface area (Å²) < 4.78 is 0. The van der Waals surface area contributed by atoms with Crippen molar-refractivity contribution in [2.24, 2.45) is 0 Å². The van der Waals surface area contributed by atoms with Gasteiger partial charge in [-0.05, 0) is 0 Å².